The first-order chi connectivity index (χ1) is 23.3. The van der Waals surface area contributed by atoms with Crippen LogP contribution in [0.25, 0.3) is 0 Å². The molecule has 0 bridgehead atoms. The van der Waals surface area contributed by atoms with Crippen LogP contribution >= 0.6 is 0 Å². The monoisotopic (exact) mass is 709 g/mol. The molecule has 0 radical (unpaired) electrons. The maximum atomic E-state index is 14.6. The summed E-state index contributed by atoms with van der Waals surface area (Å²) in [6.07, 6.45) is -2.89. The predicted octanol–water partition coefficient (Wildman–Crippen LogP) is 3.14. The molecule has 4 rings (SSSR count). The van der Waals surface area contributed by atoms with E-state index in [2.05, 4.69) is 4.90 Å². The summed E-state index contributed by atoms with van der Waals surface area (Å²) in [5, 5.41) is 11.4. The van der Waals surface area contributed by atoms with Crippen LogP contribution in [0.3, 0.4) is 0 Å². The van der Waals surface area contributed by atoms with Gasteiger partial charge in [0.15, 0.2) is 17.7 Å². The lowest BCUT2D eigenvalue weighted by atomic mass is 9.73. The maximum Gasteiger partial charge on any atom is 0.410 e. The number of aliphatic hydroxyl groups is 1. The van der Waals surface area contributed by atoms with Crippen LogP contribution in [0.2, 0.25) is 0 Å². The summed E-state index contributed by atoms with van der Waals surface area (Å²) in [7, 11) is 7.31. The molecule has 0 spiro atoms. The Bertz CT molecular complexity index is 1250. The van der Waals surface area contributed by atoms with Crippen LogP contribution in [-0.2, 0) is 38.1 Å². The third kappa shape index (κ3) is 7.93. The number of likely N-dealkylation sites (tertiary alicyclic amines) is 1. The van der Waals surface area contributed by atoms with E-state index in [9.17, 15) is 24.3 Å². The molecule has 4 saturated heterocycles. The van der Waals surface area contributed by atoms with Crippen LogP contribution in [0.5, 0.6) is 0 Å². The van der Waals surface area contributed by atoms with Crippen LogP contribution in [0.4, 0.5) is 4.79 Å². The number of amides is 1. The van der Waals surface area contributed by atoms with Gasteiger partial charge in [0.1, 0.15) is 23.9 Å². The first-order valence-electron chi connectivity index (χ1n) is 18.5. The highest BCUT2D eigenvalue weighted by Gasteiger charge is 2.60. The Balaban J connectivity index is 1.77. The topological polar surface area (TPSA) is 144 Å². The molecule has 286 valence electrons. The summed E-state index contributed by atoms with van der Waals surface area (Å²) in [6.45, 7) is 16.2. The molecule has 14 atom stereocenters. The predicted molar refractivity (Wildman–Crippen MR) is 185 cm³/mol. The molecule has 1 N–H and O–H groups in total. The number of hydrogen-bond acceptors (Lipinski definition) is 12. The number of carbonyl (C=O) groups is 4. The average Bonchev–Trinajstić information content (AvgIpc) is 3.59. The number of rotatable bonds is 7. The molecule has 4 aliphatic rings. The minimum absolute atomic E-state index is 0.115. The van der Waals surface area contributed by atoms with E-state index >= 15 is 0 Å². The molecule has 13 nitrogen and oxygen atoms in total. The standard InChI is InChI=1S/C37H63N3O10/c1-13-27-37(8)31(40(35(45)50-37)19-25-14-15-39(11)18-25)22(4)28(41)20(2)17-36(7,46-12)32(23(5)29(42)24(6)33(44)48-27)49-34-30(43)26(38(9)10)16-21(3)47-34/h20-27,30-32,34,43H,13-19H2,1-12H3/t20-,21-,22+,23+,24-,25-,26+,27-,30-,31-,32-,34+,36-,37-/m1/s1. The van der Waals surface area contributed by atoms with Gasteiger partial charge < -0.3 is 38.6 Å². The van der Waals surface area contributed by atoms with Crippen molar-refractivity contribution in [2.45, 2.75) is 135 Å². The molecule has 0 aromatic carbocycles. The van der Waals surface area contributed by atoms with E-state index in [4.69, 9.17) is 23.7 Å². The van der Waals surface area contributed by atoms with Crippen molar-refractivity contribution < 1.29 is 48.0 Å². The number of aliphatic hydroxyl groups excluding tert-OH is 1. The Morgan fingerprint density at radius 3 is 2.24 bits per heavy atom. The number of carbonyl (C=O) groups excluding carboxylic acids is 4. The van der Waals surface area contributed by atoms with Gasteiger partial charge in [-0.15, -0.1) is 0 Å². The van der Waals surface area contributed by atoms with E-state index < -0.39 is 83.4 Å². The first kappa shape index (κ1) is 40.6. The highest BCUT2D eigenvalue weighted by Crippen LogP contribution is 2.43. The lowest BCUT2D eigenvalue weighted by Gasteiger charge is -2.47. The number of hydrogen-bond donors (Lipinski definition) is 1. The fourth-order valence-corrected chi connectivity index (χ4v) is 9.12. The number of Topliss-reactive ketones (excluding diaryl/α,β-unsaturated/α-hetero) is 2. The molecule has 0 unspecified atom stereocenters. The van der Waals surface area contributed by atoms with Gasteiger partial charge in [-0.3, -0.25) is 19.3 Å². The van der Waals surface area contributed by atoms with Crippen molar-refractivity contribution in [3.05, 3.63) is 0 Å². The zero-order valence-corrected chi connectivity index (χ0v) is 32.3. The Hall–Kier alpha value is -2.16. The van der Waals surface area contributed by atoms with Crippen molar-refractivity contribution in [1.82, 2.24) is 14.7 Å². The van der Waals surface area contributed by atoms with Gasteiger partial charge in [0.25, 0.3) is 0 Å². The number of ketones is 2. The van der Waals surface area contributed by atoms with Gasteiger partial charge in [-0.1, -0.05) is 27.7 Å². The van der Waals surface area contributed by atoms with Crippen molar-refractivity contribution in [3.8, 4) is 0 Å². The minimum Gasteiger partial charge on any atom is -0.458 e. The van der Waals surface area contributed by atoms with Gasteiger partial charge in [0.05, 0.1) is 23.9 Å². The van der Waals surface area contributed by atoms with Crippen molar-refractivity contribution >= 4 is 23.6 Å². The molecule has 4 aliphatic heterocycles. The SMILES string of the molecule is CC[C@H]1OC(=O)[C@H](C)C(=O)[C@H](C)[C@@H](O[C@@H]2O[C@H](C)C[C@H](N(C)C)[C@H]2O)[C@](C)(OC)C[C@@H](C)C(=O)[C@H](C)[C@H]2N(C[C@@H]3CCN(C)C3)C(=O)O[C@]12C. The third-order valence-electron chi connectivity index (χ3n) is 12.1. The molecule has 0 saturated carbocycles. The third-order valence-corrected chi connectivity index (χ3v) is 12.1. The maximum absolute atomic E-state index is 14.6. The van der Waals surface area contributed by atoms with Crippen LogP contribution in [0.1, 0.15) is 81.1 Å². The lowest BCUT2D eigenvalue weighted by molar-refractivity contribution is -0.295. The number of esters is 1. The number of fused-ring (bicyclic) bond motifs is 1. The molecular weight excluding hydrogens is 646 g/mol. The number of cyclic esters (lactones) is 1. The molecule has 1 amide bonds. The quantitative estimate of drug-likeness (QED) is 0.306. The van der Waals surface area contributed by atoms with Crippen molar-refractivity contribution in [3.63, 3.8) is 0 Å². The van der Waals surface area contributed by atoms with Crippen molar-refractivity contribution in [2.24, 2.45) is 29.6 Å². The number of nitrogens with zero attached hydrogens (tertiary/aromatic N) is 3. The Kier molecular flexibility index (Phi) is 12.9. The summed E-state index contributed by atoms with van der Waals surface area (Å²) < 4.78 is 31.1. The van der Waals surface area contributed by atoms with Gasteiger partial charge in [-0.25, -0.2) is 4.79 Å². The second kappa shape index (κ2) is 15.8. The van der Waals surface area contributed by atoms with E-state index in [1.54, 1.807) is 25.7 Å². The largest absolute Gasteiger partial charge is 0.458 e. The molecular formula is C37H63N3O10. The van der Waals surface area contributed by atoms with E-state index in [-0.39, 0.29) is 30.3 Å². The second-order valence-corrected chi connectivity index (χ2v) is 16.3. The molecule has 4 heterocycles. The highest BCUT2D eigenvalue weighted by molar-refractivity contribution is 6.00. The van der Waals surface area contributed by atoms with Crippen LogP contribution in [0, 0.1) is 29.6 Å². The smallest absolute Gasteiger partial charge is 0.410 e. The van der Waals surface area contributed by atoms with E-state index in [0.29, 0.717) is 19.4 Å². The van der Waals surface area contributed by atoms with Crippen LogP contribution in [-0.4, -0.2) is 145 Å². The van der Waals surface area contributed by atoms with Gasteiger partial charge in [-0.2, -0.15) is 0 Å². The first-order valence-corrected chi connectivity index (χ1v) is 18.5. The number of ether oxygens (including phenoxy) is 5. The lowest BCUT2D eigenvalue weighted by Crippen LogP contribution is -2.60. The van der Waals surface area contributed by atoms with Gasteiger partial charge in [0.2, 0.25) is 0 Å². The molecule has 4 fully saturated rings. The highest BCUT2D eigenvalue weighted by atomic mass is 16.7. The molecule has 0 aromatic heterocycles. The average molecular weight is 710 g/mol. The summed E-state index contributed by atoms with van der Waals surface area (Å²) >= 11 is 0. The summed E-state index contributed by atoms with van der Waals surface area (Å²) in [5.74, 6) is -4.53. The second-order valence-electron chi connectivity index (χ2n) is 16.3. The van der Waals surface area contributed by atoms with E-state index in [1.807, 2.05) is 53.7 Å². The fourth-order valence-electron chi connectivity index (χ4n) is 9.12. The zero-order valence-electron chi connectivity index (χ0n) is 32.3. The van der Waals surface area contributed by atoms with Gasteiger partial charge >= 0.3 is 12.1 Å². The van der Waals surface area contributed by atoms with Crippen LogP contribution < -0.4 is 0 Å². The number of methoxy groups -OCH3 is 1. The van der Waals surface area contributed by atoms with Crippen molar-refractivity contribution in [1.29, 1.82) is 0 Å². The minimum atomic E-state index is -1.34. The summed E-state index contributed by atoms with van der Waals surface area (Å²) in [4.78, 5) is 62.1. The van der Waals surface area contributed by atoms with E-state index in [1.165, 1.54) is 14.0 Å². The summed E-state index contributed by atoms with van der Waals surface area (Å²) in [6, 6.07) is -0.987. The van der Waals surface area contributed by atoms with Crippen LogP contribution in [0.15, 0.2) is 0 Å². The fraction of sp³-hybridized carbons (Fsp3) is 0.892. The Morgan fingerprint density at radius 1 is 1.02 bits per heavy atom. The van der Waals surface area contributed by atoms with Gasteiger partial charge in [0, 0.05) is 44.0 Å². The number of likely N-dealkylation sites (N-methyl/N-ethyl adjacent to an activating group) is 1. The normalized spacial score (nSPS) is 44.2. The van der Waals surface area contributed by atoms with Crippen molar-refractivity contribution in [2.75, 3.05) is 47.9 Å². The zero-order chi connectivity index (χ0) is 37.5. The Labute approximate surface area is 298 Å². The summed E-state index contributed by atoms with van der Waals surface area (Å²) in [5.41, 5.74) is -2.58. The molecule has 0 aliphatic carbocycles. The van der Waals surface area contributed by atoms with Gasteiger partial charge in [-0.05, 0) is 87.0 Å². The molecule has 0 aromatic rings. The Morgan fingerprint density at radius 2 is 1.68 bits per heavy atom. The van der Waals surface area contributed by atoms with E-state index in [0.717, 1.165) is 19.5 Å². The molecule has 13 heteroatoms. The molecule has 50 heavy (non-hydrogen) atoms.